The Hall–Kier alpha value is -2.02. The lowest BCUT2D eigenvalue weighted by atomic mass is 10.0. The third-order valence-electron chi connectivity index (χ3n) is 4.19. The summed E-state index contributed by atoms with van der Waals surface area (Å²) >= 11 is 0. The van der Waals surface area contributed by atoms with Gasteiger partial charge in [0.15, 0.2) is 5.82 Å². The van der Waals surface area contributed by atoms with Crippen LogP contribution < -0.4 is 10.1 Å². The third-order valence-corrected chi connectivity index (χ3v) is 4.19. The second-order valence-electron chi connectivity index (χ2n) is 7.32. The van der Waals surface area contributed by atoms with E-state index in [0.717, 1.165) is 18.8 Å². The molecule has 0 saturated heterocycles. The van der Waals surface area contributed by atoms with Crippen molar-refractivity contribution in [2.75, 3.05) is 13.7 Å². The van der Waals surface area contributed by atoms with Crippen LogP contribution in [0.3, 0.4) is 0 Å². The molecule has 0 aromatic carbocycles. The first-order valence-electron chi connectivity index (χ1n) is 8.50. The second kappa shape index (κ2) is 6.84. The van der Waals surface area contributed by atoms with E-state index in [1.165, 1.54) is 18.4 Å². The fourth-order valence-electron chi connectivity index (χ4n) is 2.65. The van der Waals surface area contributed by atoms with E-state index in [4.69, 9.17) is 4.74 Å². The molecule has 1 saturated carbocycles. The summed E-state index contributed by atoms with van der Waals surface area (Å²) < 4.78 is 5.14. The minimum absolute atomic E-state index is 0.135. The third kappa shape index (κ3) is 4.08. The van der Waals surface area contributed by atoms with Gasteiger partial charge >= 0.3 is 0 Å². The zero-order chi connectivity index (χ0) is 17.2. The van der Waals surface area contributed by atoms with Gasteiger partial charge in [-0.1, -0.05) is 6.07 Å². The normalized spacial score (nSPS) is 16.2. The van der Waals surface area contributed by atoms with Crippen LogP contribution >= 0.6 is 0 Å². The van der Waals surface area contributed by atoms with Gasteiger partial charge in [-0.3, -0.25) is 0 Å². The zero-order valence-corrected chi connectivity index (χ0v) is 14.9. The molecule has 2 heterocycles. The molecule has 0 aliphatic heterocycles. The van der Waals surface area contributed by atoms with Crippen LogP contribution in [0.25, 0.3) is 0 Å². The molecule has 0 radical (unpaired) electrons. The molecular formula is C17H26N6O. The molecule has 1 fully saturated rings. The van der Waals surface area contributed by atoms with Crippen molar-refractivity contribution in [3.8, 4) is 5.88 Å². The number of ether oxygens (including phenoxy) is 1. The van der Waals surface area contributed by atoms with Crippen molar-refractivity contribution >= 4 is 0 Å². The number of nitrogens with zero attached hydrogens (tertiary/aromatic N) is 5. The molecule has 0 amide bonds. The summed E-state index contributed by atoms with van der Waals surface area (Å²) in [5, 5.41) is 16.4. The highest BCUT2D eigenvalue weighted by atomic mass is 16.5. The summed E-state index contributed by atoms with van der Waals surface area (Å²) in [6.07, 6.45) is 5.20. The number of methoxy groups -OCH3 is 1. The van der Waals surface area contributed by atoms with Crippen molar-refractivity contribution in [3.05, 3.63) is 29.7 Å². The van der Waals surface area contributed by atoms with Crippen LogP contribution in [0.15, 0.2) is 18.3 Å². The van der Waals surface area contributed by atoms with Gasteiger partial charge in [-0.25, -0.2) is 4.98 Å². The molecule has 7 heteroatoms. The molecule has 1 unspecified atom stereocenters. The molecule has 1 N–H and O–H groups in total. The van der Waals surface area contributed by atoms with Crippen LogP contribution in [-0.2, 0) is 12.0 Å². The molecule has 1 aliphatic carbocycles. The van der Waals surface area contributed by atoms with E-state index in [1.807, 2.05) is 12.3 Å². The van der Waals surface area contributed by atoms with Crippen molar-refractivity contribution in [1.29, 1.82) is 0 Å². The van der Waals surface area contributed by atoms with Gasteiger partial charge in [0.25, 0.3) is 0 Å². The second-order valence-corrected chi connectivity index (χ2v) is 7.32. The van der Waals surface area contributed by atoms with Crippen LogP contribution in [-0.4, -0.2) is 38.8 Å². The van der Waals surface area contributed by atoms with E-state index in [1.54, 1.807) is 11.9 Å². The van der Waals surface area contributed by atoms with E-state index in [-0.39, 0.29) is 5.54 Å². The van der Waals surface area contributed by atoms with Gasteiger partial charge in [-0.15, -0.1) is 10.2 Å². The number of nitrogens with one attached hydrogen (secondary N) is 1. The minimum Gasteiger partial charge on any atom is -0.481 e. The Morgan fingerprint density at radius 2 is 2.12 bits per heavy atom. The fraction of sp³-hybridized carbons (Fsp3) is 0.647. The Morgan fingerprint density at radius 1 is 1.33 bits per heavy atom. The van der Waals surface area contributed by atoms with Crippen molar-refractivity contribution in [3.63, 3.8) is 0 Å². The number of hydrogen-bond donors (Lipinski definition) is 1. The Balaban J connectivity index is 1.57. The standard InChI is InChI=1S/C17H26N6O/c1-17(2,3)23-21-14(20-22-23)9-10-18-16(12-5-6-12)13-7-8-15(24-4)19-11-13/h7-8,11-12,16,18H,5-6,9-10H2,1-4H3. The lowest BCUT2D eigenvalue weighted by molar-refractivity contribution is 0.305. The predicted octanol–water partition coefficient (Wildman–Crippen LogP) is 2.12. The molecule has 2 aromatic heterocycles. The van der Waals surface area contributed by atoms with E-state index >= 15 is 0 Å². The highest BCUT2D eigenvalue weighted by Gasteiger charge is 2.32. The average molecular weight is 330 g/mol. The zero-order valence-electron chi connectivity index (χ0n) is 14.9. The smallest absolute Gasteiger partial charge is 0.212 e. The van der Waals surface area contributed by atoms with E-state index in [0.29, 0.717) is 17.8 Å². The topological polar surface area (TPSA) is 77.8 Å². The summed E-state index contributed by atoms with van der Waals surface area (Å²) in [7, 11) is 1.64. The highest BCUT2D eigenvalue weighted by molar-refractivity contribution is 5.22. The summed E-state index contributed by atoms with van der Waals surface area (Å²) in [5.41, 5.74) is 1.08. The Kier molecular flexibility index (Phi) is 4.80. The van der Waals surface area contributed by atoms with E-state index in [9.17, 15) is 0 Å². The lowest BCUT2D eigenvalue weighted by Gasteiger charge is -2.18. The number of pyridine rings is 1. The molecule has 130 valence electrons. The van der Waals surface area contributed by atoms with Gasteiger partial charge < -0.3 is 10.1 Å². The average Bonchev–Trinajstić information content (AvgIpc) is 3.27. The molecule has 1 atom stereocenters. The van der Waals surface area contributed by atoms with Gasteiger partial charge in [0.05, 0.1) is 12.6 Å². The maximum absolute atomic E-state index is 5.14. The van der Waals surface area contributed by atoms with Crippen molar-refractivity contribution < 1.29 is 4.74 Å². The molecule has 3 rings (SSSR count). The molecule has 7 nitrogen and oxygen atoms in total. The molecular weight excluding hydrogens is 304 g/mol. The maximum Gasteiger partial charge on any atom is 0.212 e. The maximum atomic E-state index is 5.14. The molecule has 24 heavy (non-hydrogen) atoms. The SMILES string of the molecule is COc1ccc(C(NCCc2nnn(C(C)(C)C)n2)C2CC2)cn1. The van der Waals surface area contributed by atoms with Gasteiger partial charge in [0, 0.05) is 31.3 Å². The highest BCUT2D eigenvalue weighted by Crippen LogP contribution is 2.40. The first-order valence-corrected chi connectivity index (χ1v) is 8.50. The van der Waals surface area contributed by atoms with Gasteiger partial charge in [0.1, 0.15) is 0 Å². The van der Waals surface area contributed by atoms with Crippen molar-refractivity contribution in [1.82, 2.24) is 30.5 Å². The minimum atomic E-state index is -0.135. The summed E-state index contributed by atoms with van der Waals surface area (Å²) in [5.74, 6) is 2.12. The Labute approximate surface area is 142 Å². The Morgan fingerprint density at radius 3 is 2.67 bits per heavy atom. The molecule has 0 spiro atoms. The van der Waals surface area contributed by atoms with Crippen LogP contribution in [0.1, 0.15) is 51.0 Å². The van der Waals surface area contributed by atoms with Crippen molar-refractivity contribution in [2.45, 2.75) is 51.6 Å². The molecule has 2 aromatic rings. The number of aromatic nitrogens is 5. The van der Waals surface area contributed by atoms with Crippen LogP contribution in [0, 0.1) is 5.92 Å². The van der Waals surface area contributed by atoms with Crippen LogP contribution in [0.2, 0.25) is 0 Å². The first-order chi connectivity index (χ1) is 11.5. The Bertz CT molecular complexity index is 656. The van der Waals surface area contributed by atoms with Crippen LogP contribution in [0.5, 0.6) is 5.88 Å². The summed E-state index contributed by atoms with van der Waals surface area (Å²) in [6, 6.07) is 4.35. The van der Waals surface area contributed by atoms with E-state index in [2.05, 4.69) is 52.5 Å². The molecule has 1 aliphatic rings. The number of tetrazole rings is 1. The van der Waals surface area contributed by atoms with Gasteiger partial charge in [-0.2, -0.15) is 4.80 Å². The molecule has 0 bridgehead atoms. The fourth-order valence-corrected chi connectivity index (χ4v) is 2.65. The summed E-state index contributed by atoms with van der Waals surface area (Å²) in [6.45, 7) is 7.02. The quantitative estimate of drug-likeness (QED) is 0.838. The predicted molar refractivity (Wildman–Crippen MR) is 90.8 cm³/mol. The first kappa shape index (κ1) is 16.8. The summed E-state index contributed by atoms with van der Waals surface area (Å²) in [4.78, 5) is 6.00. The van der Waals surface area contributed by atoms with Gasteiger partial charge in [0.2, 0.25) is 5.88 Å². The van der Waals surface area contributed by atoms with E-state index < -0.39 is 0 Å². The van der Waals surface area contributed by atoms with Crippen LogP contribution in [0.4, 0.5) is 0 Å². The van der Waals surface area contributed by atoms with Gasteiger partial charge in [-0.05, 0) is 50.3 Å². The lowest BCUT2D eigenvalue weighted by Crippen LogP contribution is -2.26. The number of rotatable bonds is 7. The number of hydrogen-bond acceptors (Lipinski definition) is 6. The largest absolute Gasteiger partial charge is 0.481 e. The van der Waals surface area contributed by atoms with Crippen molar-refractivity contribution in [2.24, 2.45) is 5.92 Å². The monoisotopic (exact) mass is 330 g/mol.